The molecular weight excluding hydrogens is 430 g/mol. The topological polar surface area (TPSA) is 113 Å². The van der Waals surface area contributed by atoms with Crippen molar-refractivity contribution in [3.63, 3.8) is 0 Å². The van der Waals surface area contributed by atoms with Gasteiger partial charge < -0.3 is 5.32 Å². The number of nitrogens with one attached hydrogen (secondary N) is 2. The third kappa shape index (κ3) is 3.74. The zero-order chi connectivity index (χ0) is 23.0. The molecule has 1 aliphatic heterocycles. The number of rotatable bonds is 5. The van der Waals surface area contributed by atoms with Gasteiger partial charge in [-0.15, -0.1) is 0 Å². The average Bonchev–Trinajstić information content (AvgIpc) is 2.99. The van der Waals surface area contributed by atoms with Crippen molar-refractivity contribution in [2.75, 3.05) is 17.1 Å². The van der Waals surface area contributed by atoms with Gasteiger partial charge in [-0.1, -0.05) is 35.9 Å². The smallest absolute Gasteiger partial charge is 0.263 e. The second kappa shape index (κ2) is 7.93. The summed E-state index contributed by atoms with van der Waals surface area (Å²) in [6, 6.07) is 17.0. The van der Waals surface area contributed by atoms with Crippen molar-refractivity contribution >= 4 is 39.1 Å². The minimum absolute atomic E-state index is 0.0610. The van der Waals surface area contributed by atoms with Crippen molar-refractivity contribution in [1.29, 1.82) is 0 Å². The third-order valence-corrected chi connectivity index (χ3v) is 6.49. The molecule has 0 atom stereocenters. The Labute approximate surface area is 184 Å². The van der Waals surface area contributed by atoms with Crippen LogP contribution in [0.1, 0.15) is 36.6 Å². The van der Waals surface area contributed by atoms with Crippen molar-refractivity contribution < 1.29 is 22.8 Å². The Morgan fingerprint density at radius 3 is 2.22 bits per heavy atom. The van der Waals surface area contributed by atoms with E-state index in [1.165, 1.54) is 43.4 Å². The lowest BCUT2D eigenvalue weighted by Gasteiger charge is -2.14. The van der Waals surface area contributed by atoms with E-state index in [0.29, 0.717) is 0 Å². The van der Waals surface area contributed by atoms with E-state index < -0.39 is 27.7 Å². The molecule has 0 aliphatic carbocycles. The maximum atomic E-state index is 13.0. The molecule has 32 heavy (non-hydrogen) atoms. The number of aryl methyl sites for hydroxylation is 1. The molecular formula is C23H19N3O5S. The zero-order valence-corrected chi connectivity index (χ0v) is 18.1. The molecule has 3 aromatic rings. The summed E-state index contributed by atoms with van der Waals surface area (Å²) in [5.74, 6) is -1.60. The molecule has 3 aromatic carbocycles. The van der Waals surface area contributed by atoms with Crippen molar-refractivity contribution in [3.05, 3.63) is 89.0 Å². The Balaban J connectivity index is 1.65. The molecule has 0 unspecified atom stereocenters. The van der Waals surface area contributed by atoms with E-state index in [-0.39, 0.29) is 33.0 Å². The molecule has 1 aliphatic rings. The van der Waals surface area contributed by atoms with Gasteiger partial charge >= 0.3 is 0 Å². The molecule has 3 amide bonds. The van der Waals surface area contributed by atoms with Crippen LogP contribution in [0.4, 0.5) is 11.4 Å². The number of para-hydroxylation sites is 1. The number of amides is 3. The summed E-state index contributed by atoms with van der Waals surface area (Å²) >= 11 is 0. The lowest BCUT2D eigenvalue weighted by Crippen LogP contribution is -2.24. The van der Waals surface area contributed by atoms with E-state index in [4.69, 9.17) is 0 Å². The molecule has 9 heteroatoms. The molecule has 0 aromatic heterocycles. The molecule has 0 spiro atoms. The van der Waals surface area contributed by atoms with Crippen molar-refractivity contribution in [2.45, 2.75) is 11.8 Å². The van der Waals surface area contributed by atoms with Gasteiger partial charge in [0.15, 0.2) is 0 Å². The first kappa shape index (κ1) is 21.3. The minimum Gasteiger partial charge on any atom is -0.321 e. The minimum atomic E-state index is -3.93. The van der Waals surface area contributed by atoms with E-state index in [9.17, 15) is 22.8 Å². The molecule has 0 saturated heterocycles. The van der Waals surface area contributed by atoms with Crippen LogP contribution in [0.3, 0.4) is 0 Å². The number of fused-ring (bicyclic) bond motifs is 1. The number of imide groups is 1. The second-order valence-corrected chi connectivity index (χ2v) is 9.00. The SMILES string of the molecule is Cc1ccc(S(=O)(=O)Nc2ccccc2C(=O)Nc2cccc3c2C(=O)N(C)C3=O)cc1. The number of benzene rings is 3. The van der Waals surface area contributed by atoms with Crippen LogP contribution in [0.25, 0.3) is 0 Å². The van der Waals surface area contributed by atoms with Gasteiger partial charge in [-0.2, -0.15) is 0 Å². The first-order valence-corrected chi connectivity index (χ1v) is 11.1. The standard InChI is InChI=1S/C23H19N3O5S/c1-14-10-12-15(13-11-14)32(30,31)25-18-8-4-3-6-16(18)21(27)24-19-9-5-7-17-20(19)23(29)26(2)22(17)28/h3-13,25H,1-2H3,(H,24,27). The summed E-state index contributed by atoms with van der Waals surface area (Å²) in [7, 11) is -2.56. The van der Waals surface area contributed by atoms with Gasteiger partial charge in [-0.3, -0.25) is 24.0 Å². The monoisotopic (exact) mass is 449 g/mol. The summed E-state index contributed by atoms with van der Waals surface area (Å²) in [4.78, 5) is 38.7. The van der Waals surface area contributed by atoms with Crippen LogP contribution in [-0.2, 0) is 10.0 Å². The fraction of sp³-hybridized carbons (Fsp3) is 0.0870. The Hall–Kier alpha value is -3.98. The summed E-state index contributed by atoms with van der Waals surface area (Å²) < 4.78 is 28.0. The molecule has 0 saturated carbocycles. The Morgan fingerprint density at radius 1 is 0.844 bits per heavy atom. The number of hydrogen-bond acceptors (Lipinski definition) is 5. The highest BCUT2D eigenvalue weighted by atomic mass is 32.2. The van der Waals surface area contributed by atoms with E-state index in [1.807, 2.05) is 6.92 Å². The van der Waals surface area contributed by atoms with Crippen LogP contribution in [0.15, 0.2) is 71.6 Å². The number of carbonyl (C=O) groups excluding carboxylic acids is 3. The number of nitrogens with zero attached hydrogens (tertiary/aromatic N) is 1. The number of anilines is 2. The van der Waals surface area contributed by atoms with Crippen LogP contribution >= 0.6 is 0 Å². The number of carbonyl (C=O) groups is 3. The van der Waals surface area contributed by atoms with Crippen LogP contribution in [-0.4, -0.2) is 38.1 Å². The van der Waals surface area contributed by atoms with Crippen molar-refractivity contribution in [2.24, 2.45) is 0 Å². The predicted molar refractivity (Wildman–Crippen MR) is 119 cm³/mol. The first-order valence-electron chi connectivity index (χ1n) is 9.64. The van der Waals surface area contributed by atoms with Gasteiger partial charge in [0.1, 0.15) is 0 Å². The van der Waals surface area contributed by atoms with Gasteiger partial charge in [0.2, 0.25) is 0 Å². The molecule has 1 heterocycles. The van der Waals surface area contributed by atoms with Gasteiger partial charge in [0, 0.05) is 7.05 Å². The predicted octanol–water partition coefficient (Wildman–Crippen LogP) is 3.27. The Kier molecular flexibility index (Phi) is 5.27. The van der Waals surface area contributed by atoms with Gasteiger partial charge in [-0.25, -0.2) is 8.42 Å². The number of hydrogen-bond donors (Lipinski definition) is 2. The van der Waals surface area contributed by atoms with Crippen LogP contribution in [0.5, 0.6) is 0 Å². The Bertz CT molecular complexity index is 1360. The quantitative estimate of drug-likeness (QED) is 0.581. The van der Waals surface area contributed by atoms with Gasteiger partial charge in [-0.05, 0) is 43.3 Å². The average molecular weight is 449 g/mol. The van der Waals surface area contributed by atoms with Crippen LogP contribution in [0, 0.1) is 6.92 Å². The Morgan fingerprint density at radius 2 is 1.50 bits per heavy atom. The largest absolute Gasteiger partial charge is 0.321 e. The van der Waals surface area contributed by atoms with Gasteiger partial charge in [0.25, 0.3) is 27.7 Å². The molecule has 162 valence electrons. The van der Waals surface area contributed by atoms with Crippen LogP contribution in [0.2, 0.25) is 0 Å². The number of sulfonamides is 1. The molecule has 8 nitrogen and oxygen atoms in total. The highest BCUT2D eigenvalue weighted by Gasteiger charge is 2.35. The van der Waals surface area contributed by atoms with E-state index in [0.717, 1.165) is 10.5 Å². The fourth-order valence-corrected chi connectivity index (χ4v) is 4.47. The molecule has 2 N–H and O–H groups in total. The molecule has 0 bridgehead atoms. The normalized spacial score (nSPS) is 13.1. The maximum absolute atomic E-state index is 13.0. The van der Waals surface area contributed by atoms with E-state index in [2.05, 4.69) is 10.0 Å². The molecule has 0 radical (unpaired) electrons. The summed E-state index contributed by atoms with van der Waals surface area (Å²) in [6.07, 6.45) is 0. The summed E-state index contributed by atoms with van der Waals surface area (Å²) in [5, 5.41) is 2.63. The van der Waals surface area contributed by atoms with Crippen molar-refractivity contribution in [1.82, 2.24) is 4.90 Å². The van der Waals surface area contributed by atoms with Crippen molar-refractivity contribution in [3.8, 4) is 0 Å². The lowest BCUT2D eigenvalue weighted by atomic mass is 10.1. The highest BCUT2D eigenvalue weighted by molar-refractivity contribution is 7.92. The zero-order valence-electron chi connectivity index (χ0n) is 17.2. The van der Waals surface area contributed by atoms with E-state index in [1.54, 1.807) is 30.3 Å². The van der Waals surface area contributed by atoms with E-state index >= 15 is 0 Å². The third-order valence-electron chi connectivity index (χ3n) is 5.11. The summed E-state index contributed by atoms with van der Waals surface area (Å²) in [6.45, 7) is 1.85. The summed E-state index contributed by atoms with van der Waals surface area (Å²) in [5.41, 5.74) is 1.53. The molecule has 4 rings (SSSR count). The van der Waals surface area contributed by atoms with Gasteiger partial charge in [0.05, 0.1) is 33.0 Å². The lowest BCUT2D eigenvalue weighted by molar-refractivity contribution is 0.0693. The fourth-order valence-electron chi connectivity index (χ4n) is 3.39. The second-order valence-electron chi connectivity index (χ2n) is 7.32. The highest BCUT2D eigenvalue weighted by Crippen LogP contribution is 2.29. The molecule has 0 fully saturated rings. The first-order chi connectivity index (χ1) is 15.2. The van der Waals surface area contributed by atoms with Crippen LogP contribution < -0.4 is 10.0 Å². The maximum Gasteiger partial charge on any atom is 0.263 e.